The van der Waals surface area contributed by atoms with E-state index in [1.54, 1.807) is 32.0 Å². The lowest BCUT2D eigenvalue weighted by atomic mass is 10.1. The molecule has 140 valence electrons. The number of amides is 4. The van der Waals surface area contributed by atoms with Crippen molar-refractivity contribution in [1.82, 2.24) is 4.90 Å². The first-order valence-electron chi connectivity index (χ1n) is 9.03. The second-order valence-corrected chi connectivity index (χ2v) is 6.94. The first-order chi connectivity index (χ1) is 13.5. The minimum Gasteiger partial charge on any atom is -0.308 e. The van der Waals surface area contributed by atoms with Gasteiger partial charge in [0.15, 0.2) is 0 Å². The molecule has 1 aliphatic rings. The summed E-state index contributed by atoms with van der Waals surface area (Å²) in [5.74, 6) is -0.644. The molecule has 0 unspecified atom stereocenters. The highest BCUT2D eigenvalue weighted by atomic mass is 16.2. The van der Waals surface area contributed by atoms with Gasteiger partial charge in [-0.2, -0.15) is 0 Å². The van der Waals surface area contributed by atoms with Crippen LogP contribution in [-0.2, 0) is 0 Å². The zero-order chi connectivity index (χ0) is 19.8. The summed E-state index contributed by atoms with van der Waals surface area (Å²) < 4.78 is 0. The van der Waals surface area contributed by atoms with Crippen LogP contribution in [0, 0.1) is 0 Å². The van der Waals surface area contributed by atoms with Crippen molar-refractivity contribution in [2.45, 2.75) is 19.9 Å². The maximum absolute atomic E-state index is 12.5. The van der Waals surface area contributed by atoms with Gasteiger partial charge in [0.1, 0.15) is 0 Å². The summed E-state index contributed by atoms with van der Waals surface area (Å²) in [5, 5.41) is 7.52. The number of imide groups is 1. The van der Waals surface area contributed by atoms with Crippen molar-refractivity contribution in [3.8, 4) is 0 Å². The molecule has 6 heteroatoms. The molecule has 0 atom stereocenters. The van der Waals surface area contributed by atoms with Gasteiger partial charge in [-0.05, 0) is 43.5 Å². The van der Waals surface area contributed by atoms with E-state index >= 15 is 0 Å². The van der Waals surface area contributed by atoms with Crippen LogP contribution in [0.1, 0.15) is 34.6 Å². The van der Waals surface area contributed by atoms with Gasteiger partial charge in [-0.3, -0.25) is 14.5 Å². The highest BCUT2D eigenvalue weighted by Crippen LogP contribution is 2.28. The number of anilines is 2. The minimum absolute atomic E-state index is 0.224. The van der Waals surface area contributed by atoms with E-state index in [9.17, 15) is 14.4 Å². The molecule has 1 aliphatic heterocycles. The average molecular weight is 373 g/mol. The zero-order valence-electron chi connectivity index (χ0n) is 15.5. The van der Waals surface area contributed by atoms with E-state index in [1.807, 2.05) is 42.5 Å². The Morgan fingerprint density at radius 2 is 1.57 bits per heavy atom. The Kier molecular flexibility index (Phi) is 4.31. The van der Waals surface area contributed by atoms with Gasteiger partial charge in [-0.15, -0.1) is 0 Å². The Morgan fingerprint density at radius 1 is 0.857 bits per heavy atom. The maximum atomic E-state index is 12.5. The van der Waals surface area contributed by atoms with Gasteiger partial charge in [-0.1, -0.05) is 36.4 Å². The first kappa shape index (κ1) is 17.7. The number of rotatable bonds is 3. The van der Waals surface area contributed by atoms with Crippen molar-refractivity contribution in [3.05, 3.63) is 71.8 Å². The molecule has 4 amide bonds. The summed E-state index contributed by atoms with van der Waals surface area (Å²) in [5.41, 5.74) is 1.80. The SMILES string of the molecule is CC(C)N1C(=O)c2ccc(NC(=O)Nc3cccc4ccccc34)cc2C1=O. The van der Waals surface area contributed by atoms with Crippen LogP contribution in [0.4, 0.5) is 16.2 Å². The van der Waals surface area contributed by atoms with Crippen molar-refractivity contribution in [1.29, 1.82) is 0 Å². The molecule has 0 aromatic heterocycles. The molecule has 0 fully saturated rings. The van der Waals surface area contributed by atoms with Crippen LogP contribution in [0.5, 0.6) is 0 Å². The van der Waals surface area contributed by atoms with Gasteiger partial charge < -0.3 is 10.6 Å². The molecule has 0 aliphatic carbocycles. The minimum atomic E-state index is -0.422. The normalized spacial score (nSPS) is 13.2. The third-order valence-electron chi connectivity index (χ3n) is 4.73. The van der Waals surface area contributed by atoms with Crippen LogP contribution in [0.2, 0.25) is 0 Å². The van der Waals surface area contributed by atoms with Crippen LogP contribution in [0.25, 0.3) is 10.8 Å². The Morgan fingerprint density at radius 3 is 2.36 bits per heavy atom. The molecule has 4 rings (SSSR count). The number of carbonyl (C=O) groups is 3. The predicted molar refractivity (Wildman–Crippen MR) is 109 cm³/mol. The van der Waals surface area contributed by atoms with E-state index < -0.39 is 6.03 Å². The number of benzene rings is 3. The number of hydrogen-bond donors (Lipinski definition) is 2. The molecule has 2 N–H and O–H groups in total. The molecule has 0 saturated heterocycles. The molecular weight excluding hydrogens is 354 g/mol. The lowest BCUT2D eigenvalue weighted by molar-refractivity contribution is 0.0609. The summed E-state index contributed by atoms with van der Waals surface area (Å²) in [4.78, 5) is 38.5. The van der Waals surface area contributed by atoms with E-state index in [0.29, 0.717) is 22.5 Å². The van der Waals surface area contributed by atoms with Crippen LogP contribution in [0.15, 0.2) is 60.7 Å². The largest absolute Gasteiger partial charge is 0.323 e. The molecule has 0 saturated carbocycles. The molecule has 3 aromatic rings. The van der Waals surface area contributed by atoms with Gasteiger partial charge >= 0.3 is 6.03 Å². The number of fused-ring (bicyclic) bond motifs is 2. The topological polar surface area (TPSA) is 78.5 Å². The van der Waals surface area contributed by atoms with Crippen LogP contribution < -0.4 is 10.6 Å². The molecule has 0 radical (unpaired) electrons. The number of carbonyl (C=O) groups excluding carboxylic acids is 3. The van der Waals surface area contributed by atoms with Crippen molar-refractivity contribution in [3.63, 3.8) is 0 Å². The van der Waals surface area contributed by atoms with Crippen molar-refractivity contribution < 1.29 is 14.4 Å². The fourth-order valence-corrected chi connectivity index (χ4v) is 3.43. The molecule has 28 heavy (non-hydrogen) atoms. The third kappa shape index (κ3) is 2.99. The summed E-state index contributed by atoms with van der Waals surface area (Å²) in [6.07, 6.45) is 0. The predicted octanol–water partition coefficient (Wildman–Crippen LogP) is 4.49. The molecule has 6 nitrogen and oxygen atoms in total. The zero-order valence-corrected chi connectivity index (χ0v) is 15.5. The van der Waals surface area contributed by atoms with Crippen LogP contribution in [-0.4, -0.2) is 28.8 Å². The van der Waals surface area contributed by atoms with E-state index in [-0.39, 0.29) is 17.9 Å². The molecule has 3 aromatic carbocycles. The fourth-order valence-electron chi connectivity index (χ4n) is 3.43. The number of hydrogen-bond acceptors (Lipinski definition) is 3. The molecular formula is C22H19N3O3. The molecule has 1 heterocycles. The van der Waals surface area contributed by atoms with E-state index in [1.165, 1.54) is 4.90 Å². The van der Waals surface area contributed by atoms with E-state index in [2.05, 4.69) is 10.6 Å². The van der Waals surface area contributed by atoms with Gasteiger partial charge in [0.25, 0.3) is 11.8 Å². The summed E-state index contributed by atoms with van der Waals surface area (Å²) in [6.45, 7) is 3.58. The first-order valence-corrected chi connectivity index (χ1v) is 9.03. The van der Waals surface area contributed by atoms with Crippen LogP contribution >= 0.6 is 0 Å². The second-order valence-electron chi connectivity index (χ2n) is 6.94. The monoisotopic (exact) mass is 373 g/mol. The molecule has 0 bridgehead atoms. The van der Waals surface area contributed by atoms with Gasteiger partial charge in [0.05, 0.1) is 16.8 Å². The summed E-state index contributed by atoms with van der Waals surface area (Å²) in [6, 6.07) is 17.5. The van der Waals surface area contributed by atoms with Crippen molar-refractivity contribution >= 4 is 40.0 Å². The molecule has 0 spiro atoms. The Hall–Kier alpha value is -3.67. The second kappa shape index (κ2) is 6.81. The summed E-state index contributed by atoms with van der Waals surface area (Å²) >= 11 is 0. The lowest BCUT2D eigenvalue weighted by Crippen LogP contribution is -2.35. The van der Waals surface area contributed by atoms with Crippen molar-refractivity contribution in [2.24, 2.45) is 0 Å². The average Bonchev–Trinajstić information content (AvgIpc) is 2.92. The highest BCUT2D eigenvalue weighted by molar-refractivity contribution is 6.22. The Labute approximate surface area is 162 Å². The van der Waals surface area contributed by atoms with E-state index in [4.69, 9.17) is 0 Å². The third-order valence-corrected chi connectivity index (χ3v) is 4.73. The maximum Gasteiger partial charge on any atom is 0.323 e. The smallest absolute Gasteiger partial charge is 0.308 e. The number of nitrogens with one attached hydrogen (secondary N) is 2. The van der Waals surface area contributed by atoms with Gasteiger partial charge in [0, 0.05) is 17.1 Å². The van der Waals surface area contributed by atoms with Crippen LogP contribution in [0.3, 0.4) is 0 Å². The van der Waals surface area contributed by atoms with Gasteiger partial charge in [-0.25, -0.2) is 4.79 Å². The van der Waals surface area contributed by atoms with Crippen molar-refractivity contribution in [2.75, 3.05) is 10.6 Å². The Balaban J connectivity index is 1.55. The van der Waals surface area contributed by atoms with E-state index in [0.717, 1.165) is 10.8 Å². The standard InChI is InChI=1S/C22H19N3O3/c1-13(2)25-20(26)17-11-10-15(12-18(17)21(25)27)23-22(28)24-19-9-5-7-14-6-3-4-8-16(14)19/h3-13H,1-2H3,(H2,23,24,28). The number of nitrogens with zero attached hydrogens (tertiary/aromatic N) is 1. The van der Waals surface area contributed by atoms with Gasteiger partial charge in [0.2, 0.25) is 0 Å². The summed E-state index contributed by atoms with van der Waals surface area (Å²) in [7, 11) is 0. The fraction of sp³-hybridized carbons (Fsp3) is 0.136. The highest BCUT2D eigenvalue weighted by Gasteiger charge is 2.37. The number of urea groups is 1. The quantitative estimate of drug-likeness (QED) is 0.664. The lowest BCUT2D eigenvalue weighted by Gasteiger charge is -2.17. The Bertz CT molecular complexity index is 1120.